The van der Waals surface area contributed by atoms with Crippen molar-refractivity contribution in [2.75, 3.05) is 13.2 Å². The van der Waals surface area contributed by atoms with Crippen molar-refractivity contribution in [3.8, 4) is 5.75 Å². The quantitative estimate of drug-likeness (QED) is 0.694. The fraction of sp³-hybridized carbons (Fsp3) is 0.417. The van der Waals surface area contributed by atoms with Gasteiger partial charge in [0.2, 0.25) is 0 Å². The Morgan fingerprint density at radius 3 is 3.13 bits per heavy atom. The maximum atomic E-state index is 5.58. The van der Waals surface area contributed by atoms with Crippen LogP contribution in [-0.4, -0.2) is 18.9 Å². The van der Waals surface area contributed by atoms with E-state index in [1.165, 1.54) is 5.56 Å². The monoisotopic (exact) mass is 205 g/mol. The van der Waals surface area contributed by atoms with Crippen molar-refractivity contribution < 1.29 is 9.57 Å². The Balaban J connectivity index is 2.34. The van der Waals surface area contributed by atoms with Gasteiger partial charge in [0.15, 0.2) is 0 Å². The lowest BCUT2D eigenvalue weighted by Crippen LogP contribution is -2.16. The highest BCUT2D eigenvalue weighted by atomic mass is 16.6. The van der Waals surface area contributed by atoms with E-state index >= 15 is 0 Å². The first-order chi connectivity index (χ1) is 7.31. The molecular weight excluding hydrogens is 190 g/mol. The summed E-state index contributed by atoms with van der Waals surface area (Å²) < 4.78 is 5.58. The Bertz CT molecular complexity index is 385. The average Bonchev–Trinajstić information content (AvgIpc) is 2.25. The SMILES string of the molecule is CCON=C1CCOc2cc(C)ccc21. The Labute approximate surface area is 89.7 Å². The molecule has 1 aromatic carbocycles. The van der Waals surface area contributed by atoms with Crippen LogP contribution < -0.4 is 4.74 Å². The number of benzene rings is 1. The van der Waals surface area contributed by atoms with E-state index in [2.05, 4.69) is 18.1 Å². The van der Waals surface area contributed by atoms with Gasteiger partial charge in [-0.05, 0) is 31.5 Å². The van der Waals surface area contributed by atoms with Gasteiger partial charge in [0.25, 0.3) is 0 Å². The molecule has 0 saturated heterocycles. The van der Waals surface area contributed by atoms with E-state index in [9.17, 15) is 0 Å². The number of aryl methyl sites for hydroxylation is 1. The van der Waals surface area contributed by atoms with E-state index in [-0.39, 0.29) is 0 Å². The van der Waals surface area contributed by atoms with E-state index in [0.717, 1.165) is 23.4 Å². The van der Waals surface area contributed by atoms with Crippen LogP contribution in [0.4, 0.5) is 0 Å². The fourth-order valence-corrected chi connectivity index (χ4v) is 1.62. The Kier molecular flexibility index (Phi) is 2.90. The first-order valence-corrected chi connectivity index (χ1v) is 5.24. The average molecular weight is 205 g/mol. The highest BCUT2D eigenvalue weighted by Crippen LogP contribution is 2.26. The molecule has 0 saturated carbocycles. The van der Waals surface area contributed by atoms with E-state index in [0.29, 0.717) is 13.2 Å². The van der Waals surface area contributed by atoms with Crippen LogP contribution in [0.5, 0.6) is 5.75 Å². The molecule has 0 unspecified atom stereocenters. The second-order valence-corrected chi connectivity index (χ2v) is 3.55. The summed E-state index contributed by atoms with van der Waals surface area (Å²) in [4.78, 5) is 5.09. The number of ether oxygens (including phenoxy) is 1. The van der Waals surface area contributed by atoms with Gasteiger partial charge in [0, 0.05) is 12.0 Å². The zero-order valence-electron chi connectivity index (χ0n) is 9.12. The van der Waals surface area contributed by atoms with Gasteiger partial charge < -0.3 is 9.57 Å². The van der Waals surface area contributed by atoms with Crippen molar-refractivity contribution in [1.29, 1.82) is 0 Å². The largest absolute Gasteiger partial charge is 0.492 e. The topological polar surface area (TPSA) is 30.8 Å². The first-order valence-electron chi connectivity index (χ1n) is 5.24. The van der Waals surface area contributed by atoms with Crippen LogP contribution in [0.2, 0.25) is 0 Å². The van der Waals surface area contributed by atoms with Gasteiger partial charge >= 0.3 is 0 Å². The number of rotatable bonds is 2. The van der Waals surface area contributed by atoms with Gasteiger partial charge in [-0.2, -0.15) is 0 Å². The van der Waals surface area contributed by atoms with Gasteiger partial charge in [-0.15, -0.1) is 0 Å². The predicted octanol–water partition coefficient (Wildman–Crippen LogP) is 2.52. The van der Waals surface area contributed by atoms with Crippen molar-refractivity contribution in [3.63, 3.8) is 0 Å². The summed E-state index contributed by atoms with van der Waals surface area (Å²) in [5.74, 6) is 0.916. The summed E-state index contributed by atoms with van der Waals surface area (Å²) >= 11 is 0. The number of nitrogens with zero attached hydrogens (tertiary/aromatic N) is 1. The Hall–Kier alpha value is -1.51. The molecule has 2 rings (SSSR count). The maximum absolute atomic E-state index is 5.58. The van der Waals surface area contributed by atoms with E-state index in [1.807, 2.05) is 19.1 Å². The molecule has 3 nitrogen and oxygen atoms in total. The highest BCUT2D eigenvalue weighted by Gasteiger charge is 2.16. The van der Waals surface area contributed by atoms with Crippen LogP contribution in [0.3, 0.4) is 0 Å². The number of hydrogen-bond acceptors (Lipinski definition) is 3. The van der Waals surface area contributed by atoms with Gasteiger partial charge in [0.1, 0.15) is 12.4 Å². The van der Waals surface area contributed by atoms with Crippen molar-refractivity contribution in [1.82, 2.24) is 0 Å². The van der Waals surface area contributed by atoms with Gasteiger partial charge in [0.05, 0.1) is 12.3 Å². The maximum Gasteiger partial charge on any atom is 0.128 e. The zero-order chi connectivity index (χ0) is 10.7. The molecule has 1 heterocycles. The minimum Gasteiger partial charge on any atom is -0.492 e. The molecule has 0 aromatic heterocycles. The third kappa shape index (κ3) is 2.12. The lowest BCUT2D eigenvalue weighted by Gasteiger charge is -2.18. The molecule has 0 atom stereocenters. The molecule has 0 fully saturated rings. The van der Waals surface area contributed by atoms with Crippen LogP contribution in [0.25, 0.3) is 0 Å². The van der Waals surface area contributed by atoms with Crippen LogP contribution >= 0.6 is 0 Å². The second kappa shape index (κ2) is 4.34. The molecule has 15 heavy (non-hydrogen) atoms. The summed E-state index contributed by atoms with van der Waals surface area (Å²) in [5, 5.41) is 4.11. The van der Waals surface area contributed by atoms with Crippen LogP contribution in [0.15, 0.2) is 23.4 Å². The smallest absolute Gasteiger partial charge is 0.128 e. The third-order valence-corrected chi connectivity index (χ3v) is 2.35. The molecule has 1 aliphatic rings. The normalized spacial score (nSPS) is 17.1. The number of oxime groups is 1. The summed E-state index contributed by atoms with van der Waals surface area (Å²) in [6, 6.07) is 6.15. The lowest BCUT2D eigenvalue weighted by atomic mass is 10.0. The molecule has 0 N–H and O–H groups in total. The summed E-state index contributed by atoms with van der Waals surface area (Å²) in [6.07, 6.45) is 0.816. The molecule has 0 bridgehead atoms. The molecule has 0 spiro atoms. The minimum atomic E-state index is 0.603. The summed E-state index contributed by atoms with van der Waals surface area (Å²) in [7, 11) is 0. The van der Waals surface area contributed by atoms with Crippen LogP contribution in [0.1, 0.15) is 24.5 Å². The summed E-state index contributed by atoms with van der Waals surface area (Å²) in [6.45, 7) is 5.27. The number of fused-ring (bicyclic) bond motifs is 1. The molecule has 3 heteroatoms. The van der Waals surface area contributed by atoms with Gasteiger partial charge in [-0.1, -0.05) is 11.2 Å². The highest BCUT2D eigenvalue weighted by molar-refractivity contribution is 6.03. The molecule has 0 aliphatic carbocycles. The van der Waals surface area contributed by atoms with E-state index in [4.69, 9.17) is 9.57 Å². The van der Waals surface area contributed by atoms with E-state index in [1.54, 1.807) is 0 Å². The second-order valence-electron chi connectivity index (χ2n) is 3.55. The van der Waals surface area contributed by atoms with Gasteiger partial charge in [-0.25, -0.2) is 0 Å². The van der Waals surface area contributed by atoms with E-state index < -0.39 is 0 Å². The zero-order valence-corrected chi connectivity index (χ0v) is 9.12. The summed E-state index contributed by atoms with van der Waals surface area (Å²) in [5.41, 5.74) is 3.24. The van der Waals surface area contributed by atoms with Gasteiger partial charge in [-0.3, -0.25) is 0 Å². The molecule has 1 aliphatic heterocycles. The minimum absolute atomic E-state index is 0.603. The van der Waals surface area contributed by atoms with Crippen LogP contribution in [0, 0.1) is 6.92 Å². The van der Waals surface area contributed by atoms with Crippen molar-refractivity contribution in [3.05, 3.63) is 29.3 Å². The van der Waals surface area contributed by atoms with Crippen molar-refractivity contribution in [2.24, 2.45) is 5.16 Å². The number of hydrogen-bond donors (Lipinski definition) is 0. The molecular formula is C12H15NO2. The fourth-order valence-electron chi connectivity index (χ4n) is 1.62. The lowest BCUT2D eigenvalue weighted by molar-refractivity contribution is 0.157. The van der Waals surface area contributed by atoms with Crippen molar-refractivity contribution >= 4 is 5.71 Å². The molecule has 80 valence electrons. The van der Waals surface area contributed by atoms with Crippen molar-refractivity contribution in [2.45, 2.75) is 20.3 Å². The first kappa shape index (κ1) is 10.0. The molecule has 0 radical (unpaired) electrons. The molecule has 0 amide bonds. The Morgan fingerprint density at radius 2 is 2.33 bits per heavy atom. The predicted molar refractivity (Wildman–Crippen MR) is 59.5 cm³/mol. The van der Waals surface area contributed by atoms with Crippen LogP contribution in [-0.2, 0) is 4.84 Å². The standard InChI is InChI=1S/C12H15NO2/c1-3-15-13-11-6-7-14-12-8-9(2)4-5-10(11)12/h4-5,8H,3,6-7H2,1-2H3. The Morgan fingerprint density at radius 1 is 1.47 bits per heavy atom. The molecule has 1 aromatic rings. The third-order valence-electron chi connectivity index (χ3n) is 2.35.